The number of anilines is 2. The van der Waals surface area contributed by atoms with Crippen LogP contribution in [0.25, 0.3) is 0 Å². The maximum Gasteiger partial charge on any atom is 0.416 e. The van der Waals surface area contributed by atoms with E-state index in [0.717, 1.165) is 23.7 Å². The van der Waals surface area contributed by atoms with Crippen molar-refractivity contribution < 1.29 is 18.0 Å². The molecule has 0 aliphatic carbocycles. The van der Waals surface area contributed by atoms with Crippen LogP contribution in [0.15, 0.2) is 18.2 Å². The highest BCUT2D eigenvalue weighted by Gasteiger charge is 2.31. The molecule has 1 amide bonds. The normalized spacial score (nSPS) is 11.4. The SMILES string of the molecule is Cc1nsc(NC(=O)c2cc(C(F)(F)F)ccc2N)n1. The molecule has 0 radical (unpaired) electrons. The minimum atomic E-state index is -4.54. The number of carbonyl (C=O) groups excluding carboxylic acids is 1. The molecule has 2 aromatic rings. The summed E-state index contributed by atoms with van der Waals surface area (Å²) < 4.78 is 41.6. The van der Waals surface area contributed by atoms with Crippen molar-refractivity contribution in [3.8, 4) is 0 Å². The van der Waals surface area contributed by atoms with E-state index in [1.165, 1.54) is 0 Å². The van der Waals surface area contributed by atoms with Gasteiger partial charge in [-0.2, -0.15) is 17.5 Å². The first-order chi connectivity index (χ1) is 9.27. The third-order valence-electron chi connectivity index (χ3n) is 2.37. The average molecular weight is 302 g/mol. The van der Waals surface area contributed by atoms with Gasteiger partial charge in [0, 0.05) is 17.2 Å². The van der Waals surface area contributed by atoms with Crippen molar-refractivity contribution >= 4 is 28.3 Å². The summed E-state index contributed by atoms with van der Waals surface area (Å²) in [5.74, 6) is -0.299. The van der Waals surface area contributed by atoms with Gasteiger partial charge in [0.05, 0.1) is 11.1 Å². The summed E-state index contributed by atoms with van der Waals surface area (Å²) in [5, 5.41) is 2.56. The Kier molecular flexibility index (Phi) is 3.62. The number of aryl methyl sites for hydroxylation is 1. The summed E-state index contributed by atoms with van der Waals surface area (Å²) in [6, 6.07) is 2.57. The molecule has 20 heavy (non-hydrogen) atoms. The zero-order chi connectivity index (χ0) is 14.9. The zero-order valence-electron chi connectivity index (χ0n) is 10.2. The molecular weight excluding hydrogens is 293 g/mol. The molecule has 1 aromatic carbocycles. The van der Waals surface area contributed by atoms with Crippen molar-refractivity contribution in [2.45, 2.75) is 13.1 Å². The molecule has 0 saturated heterocycles. The molecule has 0 aliphatic rings. The van der Waals surface area contributed by atoms with Crippen LogP contribution in [0.3, 0.4) is 0 Å². The Morgan fingerprint density at radius 2 is 2.10 bits per heavy atom. The molecular formula is C11H9F3N4OS. The Morgan fingerprint density at radius 3 is 2.65 bits per heavy atom. The topological polar surface area (TPSA) is 80.9 Å². The Bertz CT molecular complexity index is 653. The van der Waals surface area contributed by atoms with Crippen LogP contribution in [0.5, 0.6) is 0 Å². The molecule has 3 N–H and O–H groups in total. The maximum absolute atomic E-state index is 12.6. The largest absolute Gasteiger partial charge is 0.416 e. The molecule has 0 spiro atoms. The first-order valence-corrected chi connectivity index (χ1v) is 6.13. The van der Waals surface area contributed by atoms with Crippen molar-refractivity contribution in [1.82, 2.24) is 9.36 Å². The zero-order valence-corrected chi connectivity index (χ0v) is 11.0. The fourth-order valence-corrected chi connectivity index (χ4v) is 2.01. The van der Waals surface area contributed by atoms with E-state index in [1.807, 2.05) is 0 Å². The fourth-order valence-electron chi connectivity index (χ4n) is 1.44. The van der Waals surface area contributed by atoms with E-state index >= 15 is 0 Å². The molecule has 1 aromatic heterocycles. The van der Waals surface area contributed by atoms with Crippen LogP contribution in [-0.4, -0.2) is 15.3 Å². The lowest BCUT2D eigenvalue weighted by Gasteiger charge is -2.10. The quantitative estimate of drug-likeness (QED) is 0.836. The van der Waals surface area contributed by atoms with E-state index in [1.54, 1.807) is 6.92 Å². The van der Waals surface area contributed by atoms with Crippen molar-refractivity contribution in [3.63, 3.8) is 0 Å². The lowest BCUT2D eigenvalue weighted by Crippen LogP contribution is -2.16. The van der Waals surface area contributed by atoms with Gasteiger partial charge < -0.3 is 5.73 Å². The summed E-state index contributed by atoms with van der Waals surface area (Å²) in [4.78, 5) is 15.8. The third-order valence-corrected chi connectivity index (χ3v) is 3.10. The lowest BCUT2D eigenvalue weighted by atomic mass is 10.1. The van der Waals surface area contributed by atoms with Crippen LogP contribution in [-0.2, 0) is 6.18 Å². The number of aromatic nitrogens is 2. The number of alkyl halides is 3. The highest BCUT2D eigenvalue weighted by Crippen LogP contribution is 2.31. The number of hydrogen-bond donors (Lipinski definition) is 2. The molecule has 0 fully saturated rings. The summed E-state index contributed by atoms with van der Waals surface area (Å²) in [6.45, 7) is 1.63. The van der Waals surface area contributed by atoms with Gasteiger partial charge in [0.15, 0.2) is 0 Å². The first kappa shape index (κ1) is 14.3. The second-order valence-corrected chi connectivity index (χ2v) is 4.65. The van der Waals surface area contributed by atoms with E-state index in [2.05, 4.69) is 14.7 Å². The van der Waals surface area contributed by atoms with Crippen LogP contribution in [0.2, 0.25) is 0 Å². The van der Waals surface area contributed by atoms with E-state index in [-0.39, 0.29) is 16.4 Å². The summed E-state index contributed by atoms with van der Waals surface area (Å²) in [7, 11) is 0. The second kappa shape index (κ2) is 5.08. The molecule has 0 aliphatic heterocycles. The predicted molar refractivity (Wildman–Crippen MR) is 68.5 cm³/mol. The van der Waals surface area contributed by atoms with Gasteiger partial charge in [0.1, 0.15) is 5.82 Å². The van der Waals surface area contributed by atoms with E-state index < -0.39 is 17.6 Å². The number of nitrogens with zero attached hydrogens (tertiary/aromatic N) is 2. The number of carbonyl (C=O) groups is 1. The Hall–Kier alpha value is -2.16. The Morgan fingerprint density at radius 1 is 1.40 bits per heavy atom. The predicted octanol–water partition coefficient (Wildman–Crippen LogP) is 2.70. The van der Waals surface area contributed by atoms with Gasteiger partial charge in [-0.25, -0.2) is 4.98 Å². The minimum Gasteiger partial charge on any atom is -0.398 e. The van der Waals surface area contributed by atoms with Gasteiger partial charge in [-0.3, -0.25) is 10.1 Å². The number of amides is 1. The first-order valence-electron chi connectivity index (χ1n) is 5.36. The average Bonchev–Trinajstić information content (AvgIpc) is 2.73. The van der Waals surface area contributed by atoms with Crippen LogP contribution in [0.4, 0.5) is 24.0 Å². The van der Waals surface area contributed by atoms with Gasteiger partial charge in [-0.1, -0.05) is 0 Å². The summed E-state index contributed by atoms with van der Waals surface area (Å²) in [5.41, 5.74) is 4.29. The smallest absolute Gasteiger partial charge is 0.398 e. The number of benzene rings is 1. The second-order valence-electron chi connectivity index (χ2n) is 3.90. The number of rotatable bonds is 2. The monoisotopic (exact) mass is 302 g/mol. The Labute approximate surface area is 115 Å². The van der Waals surface area contributed by atoms with Crippen molar-refractivity contribution in [1.29, 1.82) is 0 Å². The standard InChI is InChI=1S/C11H9F3N4OS/c1-5-16-10(20-18-5)17-9(19)7-4-6(11(12,13)14)2-3-8(7)15/h2-4H,15H2,1H3,(H,16,17,18,19). The summed E-state index contributed by atoms with van der Waals surface area (Å²) >= 11 is 0.932. The number of hydrogen-bond acceptors (Lipinski definition) is 5. The van der Waals surface area contributed by atoms with Crippen LogP contribution < -0.4 is 11.1 Å². The molecule has 2 rings (SSSR count). The molecule has 9 heteroatoms. The number of halogens is 3. The molecule has 1 heterocycles. The van der Waals surface area contributed by atoms with E-state index in [4.69, 9.17) is 5.73 Å². The van der Waals surface area contributed by atoms with Crippen molar-refractivity contribution in [3.05, 3.63) is 35.2 Å². The number of nitrogens with two attached hydrogens (primary N) is 1. The van der Waals surface area contributed by atoms with Gasteiger partial charge in [0.25, 0.3) is 5.91 Å². The molecule has 0 saturated carbocycles. The minimum absolute atomic E-state index is 0.0447. The van der Waals surface area contributed by atoms with Crippen molar-refractivity contribution in [2.24, 2.45) is 0 Å². The fraction of sp³-hybridized carbons (Fsp3) is 0.182. The number of nitrogen functional groups attached to an aromatic ring is 1. The summed E-state index contributed by atoms with van der Waals surface area (Å²) in [6.07, 6.45) is -4.54. The van der Waals surface area contributed by atoms with Crippen LogP contribution in [0, 0.1) is 6.92 Å². The van der Waals surface area contributed by atoms with Gasteiger partial charge >= 0.3 is 6.18 Å². The van der Waals surface area contributed by atoms with Crippen molar-refractivity contribution in [2.75, 3.05) is 11.1 Å². The highest BCUT2D eigenvalue weighted by molar-refractivity contribution is 7.09. The van der Waals surface area contributed by atoms with Gasteiger partial charge in [-0.15, -0.1) is 0 Å². The molecule has 0 unspecified atom stereocenters. The maximum atomic E-state index is 12.6. The highest BCUT2D eigenvalue weighted by atomic mass is 32.1. The molecule has 5 nitrogen and oxygen atoms in total. The molecule has 0 bridgehead atoms. The molecule has 106 valence electrons. The Balaban J connectivity index is 2.29. The van der Waals surface area contributed by atoms with E-state index in [9.17, 15) is 18.0 Å². The number of nitrogens with one attached hydrogen (secondary N) is 1. The van der Waals surface area contributed by atoms with E-state index in [0.29, 0.717) is 11.9 Å². The van der Waals surface area contributed by atoms with Gasteiger partial charge in [-0.05, 0) is 25.1 Å². The molecule has 0 atom stereocenters. The van der Waals surface area contributed by atoms with Crippen LogP contribution >= 0.6 is 11.5 Å². The lowest BCUT2D eigenvalue weighted by molar-refractivity contribution is -0.137. The van der Waals surface area contributed by atoms with Crippen LogP contribution in [0.1, 0.15) is 21.7 Å². The third kappa shape index (κ3) is 3.05. The van der Waals surface area contributed by atoms with Gasteiger partial charge in [0.2, 0.25) is 5.13 Å².